The van der Waals surface area contributed by atoms with Crippen molar-refractivity contribution in [2.75, 3.05) is 33.3 Å². The number of aromatic nitrogens is 1. The van der Waals surface area contributed by atoms with Gasteiger partial charge in [0.05, 0.1) is 6.54 Å². The molecule has 2 aromatic rings. The van der Waals surface area contributed by atoms with E-state index in [1.807, 2.05) is 44.3 Å². The topological polar surface area (TPSA) is 82.7 Å². The summed E-state index contributed by atoms with van der Waals surface area (Å²) in [6.45, 7) is 4.60. The van der Waals surface area contributed by atoms with Crippen molar-refractivity contribution in [3.05, 3.63) is 36.0 Å². The van der Waals surface area contributed by atoms with E-state index in [0.29, 0.717) is 19.5 Å². The van der Waals surface area contributed by atoms with Crippen LogP contribution in [0.15, 0.2) is 30.5 Å². The molecule has 0 bridgehead atoms. The number of H-pyrrole nitrogens is 1. The highest BCUT2D eigenvalue weighted by molar-refractivity contribution is 5.86. The second kappa shape index (κ2) is 9.75. The van der Waals surface area contributed by atoms with Gasteiger partial charge in [0, 0.05) is 43.7 Å². The number of aromatic amines is 1. The standard InChI is InChI=1S/C20H27N3O4/c1-4-23(5-2)18(24)13-22(3)19(25)14-27-20(26)11-10-15-12-21-17-9-7-6-8-16(15)17/h6-9,12,21H,4-5,10-11,13-14H2,1-3H3. The Bertz CT molecular complexity index is 795. The van der Waals surface area contributed by atoms with Gasteiger partial charge in [-0.25, -0.2) is 0 Å². The maximum absolute atomic E-state index is 12.1. The van der Waals surface area contributed by atoms with Gasteiger partial charge in [0.1, 0.15) is 0 Å². The highest BCUT2D eigenvalue weighted by Gasteiger charge is 2.18. The number of nitrogens with one attached hydrogen (secondary N) is 1. The molecule has 0 radical (unpaired) electrons. The van der Waals surface area contributed by atoms with Crippen molar-refractivity contribution < 1.29 is 19.1 Å². The van der Waals surface area contributed by atoms with Crippen LogP contribution < -0.4 is 0 Å². The molecule has 0 saturated carbocycles. The molecule has 2 rings (SSSR count). The lowest BCUT2D eigenvalue weighted by atomic mass is 10.1. The molecule has 7 nitrogen and oxygen atoms in total. The van der Waals surface area contributed by atoms with Gasteiger partial charge in [0.15, 0.2) is 6.61 Å². The van der Waals surface area contributed by atoms with Gasteiger partial charge < -0.3 is 19.5 Å². The molecule has 2 amide bonds. The van der Waals surface area contributed by atoms with Crippen molar-refractivity contribution in [1.29, 1.82) is 0 Å². The average molecular weight is 373 g/mol. The van der Waals surface area contributed by atoms with E-state index in [9.17, 15) is 14.4 Å². The molecular formula is C20H27N3O4. The number of carbonyl (C=O) groups excluding carboxylic acids is 3. The lowest BCUT2D eigenvalue weighted by Crippen LogP contribution is -2.42. The lowest BCUT2D eigenvalue weighted by molar-refractivity contribution is -0.152. The molecule has 146 valence electrons. The van der Waals surface area contributed by atoms with Crippen molar-refractivity contribution in [3.63, 3.8) is 0 Å². The predicted octanol–water partition coefficient (Wildman–Crippen LogP) is 1.97. The summed E-state index contributed by atoms with van der Waals surface area (Å²) in [4.78, 5) is 42.1. The molecule has 0 aliphatic rings. The maximum atomic E-state index is 12.1. The van der Waals surface area contributed by atoms with E-state index in [1.165, 1.54) is 11.9 Å². The number of benzene rings is 1. The summed E-state index contributed by atoms with van der Waals surface area (Å²) in [5, 5.41) is 1.08. The fourth-order valence-corrected chi connectivity index (χ4v) is 2.87. The summed E-state index contributed by atoms with van der Waals surface area (Å²) in [5.74, 6) is -0.949. The summed E-state index contributed by atoms with van der Waals surface area (Å²) in [6, 6.07) is 7.87. The van der Waals surface area contributed by atoms with Crippen LogP contribution in [0.25, 0.3) is 10.9 Å². The highest BCUT2D eigenvalue weighted by atomic mass is 16.5. The largest absolute Gasteiger partial charge is 0.456 e. The average Bonchev–Trinajstić information content (AvgIpc) is 3.08. The Labute approximate surface area is 159 Å². The molecular weight excluding hydrogens is 346 g/mol. The minimum atomic E-state index is -0.433. The Morgan fingerprint density at radius 2 is 1.78 bits per heavy atom. The number of hydrogen-bond donors (Lipinski definition) is 1. The molecule has 1 heterocycles. The van der Waals surface area contributed by atoms with E-state index in [-0.39, 0.29) is 25.5 Å². The van der Waals surface area contributed by atoms with Crippen LogP contribution in [0, 0.1) is 0 Å². The van der Waals surface area contributed by atoms with Crippen LogP contribution in [-0.2, 0) is 25.5 Å². The van der Waals surface area contributed by atoms with Gasteiger partial charge in [-0.2, -0.15) is 0 Å². The second-order valence-corrected chi connectivity index (χ2v) is 6.34. The first-order chi connectivity index (χ1) is 13.0. The molecule has 1 aromatic heterocycles. The summed E-state index contributed by atoms with van der Waals surface area (Å²) in [6.07, 6.45) is 2.61. The first-order valence-electron chi connectivity index (χ1n) is 9.18. The number of aryl methyl sites for hydroxylation is 1. The summed E-state index contributed by atoms with van der Waals surface area (Å²) in [5.41, 5.74) is 2.06. The van der Waals surface area contributed by atoms with E-state index in [2.05, 4.69) is 4.98 Å². The third-order valence-corrected chi connectivity index (χ3v) is 4.54. The molecule has 0 saturated heterocycles. The van der Waals surface area contributed by atoms with Crippen LogP contribution in [0.2, 0.25) is 0 Å². The molecule has 0 atom stereocenters. The molecule has 0 aliphatic heterocycles. The fraction of sp³-hybridized carbons (Fsp3) is 0.450. The third-order valence-electron chi connectivity index (χ3n) is 4.54. The second-order valence-electron chi connectivity index (χ2n) is 6.34. The summed E-state index contributed by atoms with van der Waals surface area (Å²) in [7, 11) is 1.53. The lowest BCUT2D eigenvalue weighted by Gasteiger charge is -2.23. The number of para-hydroxylation sites is 1. The monoisotopic (exact) mass is 373 g/mol. The molecule has 0 spiro atoms. The van der Waals surface area contributed by atoms with Crippen LogP contribution in [0.1, 0.15) is 25.8 Å². The van der Waals surface area contributed by atoms with Crippen molar-refractivity contribution in [3.8, 4) is 0 Å². The number of likely N-dealkylation sites (N-methyl/N-ethyl adjacent to an activating group) is 2. The Morgan fingerprint density at radius 1 is 1.07 bits per heavy atom. The summed E-state index contributed by atoms with van der Waals surface area (Å²) >= 11 is 0. The number of rotatable bonds is 9. The van der Waals surface area contributed by atoms with Crippen molar-refractivity contribution in [2.24, 2.45) is 0 Å². The van der Waals surface area contributed by atoms with Gasteiger partial charge in [-0.15, -0.1) is 0 Å². The molecule has 0 fully saturated rings. The van der Waals surface area contributed by atoms with Crippen LogP contribution >= 0.6 is 0 Å². The van der Waals surface area contributed by atoms with Crippen LogP contribution in [0.4, 0.5) is 0 Å². The smallest absolute Gasteiger partial charge is 0.306 e. The molecule has 1 aromatic carbocycles. The Morgan fingerprint density at radius 3 is 2.48 bits per heavy atom. The molecule has 1 N–H and O–H groups in total. The van der Waals surface area contributed by atoms with Gasteiger partial charge in [-0.05, 0) is 31.9 Å². The zero-order valence-electron chi connectivity index (χ0n) is 16.2. The van der Waals surface area contributed by atoms with Gasteiger partial charge >= 0.3 is 5.97 Å². The van der Waals surface area contributed by atoms with Gasteiger partial charge in [0.25, 0.3) is 5.91 Å². The normalized spacial score (nSPS) is 10.6. The number of carbonyl (C=O) groups is 3. The molecule has 27 heavy (non-hydrogen) atoms. The van der Waals surface area contributed by atoms with Crippen LogP contribution in [-0.4, -0.2) is 65.9 Å². The summed E-state index contributed by atoms with van der Waals surface area (Å²) < 4.78 is 5.06. The minimum absolute atomic E-state index is 0.0204. The molecule has 0 unspecified atom stereocenters. The maximum Gasteiger partial charge on any atom is 0.306 e. The van der Waals surface area contributed by atoms with Crippen molar-refractivity contribution in [2.45, 2.75) is 26.7 Å². The SMILES string of the molecule is CCN(CC)C(=O)CN(C)C(=O)COC(=O)CCc1c[nH]c2ccccc12. The van der Waals surface area contributed by atoms with Gasteiger partial charge in [-0.3, -0.25) is 14.4 Å². The number of esters is 1. The van der Waals surface area contributed by atoms with Crippen molar-refractivity contribution >= 4 is 28.7 Å². The van der Waals surface area contributed by atoms with Gasteiger partial charge in [-0.1, -0.05) is 18.2 Å². The number of amides is 2. The number of hydrogen-bond acceptors (Lipinski definition) is 4. The zero-order chi connectivity index (χ0) is 19.8. The Kier molecular flexibility index (Phi) is 7.40. The number of fused-ring (bicyclic) bond motifs is 1. The zero-order valence-corrected chi connectivity index (χ0v) is 16.2. The Hall–Kier alpha value is -2.83. The minimum Gasteiger partial charge on any atom is -0.456 e. The van der Waals surface area contributed by atoms with E-state index in [0.717, 1.165) is 16.5 Å². The van der Waals surface area contributed by atoms with Crippen LogP contribution in [0.3, 0.4) is 0 Å². The first kappa shape index (κ1) is 20.5. The van der Waals surface area contributed by atoms with E-state index < -0.39 is 11.9 Å². The van der Waals surface area contributed by atoms with E-state index in [4.69, 9.17) is 4.74 Å². The van der Waals surface area contributed by atoms with Crippen LogP contribution in [0.5, 0.6) is 0 Å². The molecule has 7 heteroatoms. The Balaban J connectivity index is 1.76. The third kappa shape index (κ3) is 5.57. The fourth-order valence-electron chi connectivity index (χ4n) is 2.87. The predicted molar refractivity (Wildman–Crippen MR) is 103 cm³/mol. The first-order valence-corrected chi connectivity index (χ1v) is 9.18. The van der Waals surface area contributed by atoms with Gasteiger partial charge in [0.2, 0.25) is 5.91 Å². The molecule has 0 aliphatic carbocycles. The quantitative estimate of drug-likeness (QED) is 0.681. The van der Waals surface area contributed by atoms with E-state index >= 15 is 0 Å². The van der Waals surface area contributed by atoms with Crippen molar-refractivity contribution in [1.82, 2.24) is 14.8 Å². The number of ether oxygens (including phenoxy) is 1. The highest BCUT2D eigenvalue weighted by Crippen LogP contribution is 2.19. The van der Waals surface area contributed by atoms with E-state index in [1.54, 1.807) is 4.90 Å². The number of nitrogens with zero attached hydrogens (tertiary/aromatic N) is 2.